The van der Waals surface area contributed by atoms with E-state index in [1.807, 2.05) is 20.8 Å². The first kappa shape index (κ1) is 11.0. The van der Waals surface area contributed by atoms with Gasteiger partial charge in [0, 0.05) is 0 Å². The van der Waals surface area contributed by atoms with Crippen molar-refractivity contribution in [3.8, 4) is 5.75 Å². The van der Waals surface area contributed by atoms with Crippen LogP contribution in [0, 0.1) is 5.82 Å². The van der Waals surface area contributed by atoms with Crippen LogP contribution in [0.3, 0.4) is 0 Å². The zero-order chi connectivity index (χ0) is 9.56. The molecule has 0 unspecified atom stereocenters. The van der Waals surface area contributed by atoms with Gasteiger partial charge in [-0.2, -0.15) is 0 Å². The second-order valence-corrected chi connectivity index (χ2v) is 2.10. The Morgan fingerprint density at radius 2 is 1.92 bits per heavy atom. The van der Waals surface area contributed by atoms with Crippen molar-refractivity contribution < 1.29 is 9.50 Å². The SMILES string of the molecule is CC.CCc1cccc(F)c1O. The van der Waals surface area contributed by atoms with E-state index in [9.17, 15) is 4.39 Å². The molecule has 0 bridgehead atoms. The van der Waals surface area contributed by atoms with Crippen LogP contribution in [0.5, 0.6) is 5.75 Å². The summed E-state index contributed by atoms with van der Waals surface area (Å²) in [7, 11) is 0. The van der Waals surface area contributed by atoms with Gasteiger partial charge in [0.25, 0.3) is 0 Å². The van der Waals surface area contributed by atoms with Crippen LogP contribution in [0.15, 0.2) is 18.2 Å². The lowest BCUT2D eigenvalue weighted by molar-refractivity contribution is 0.426. The highest BCUT2D eigenvalue weighted by molar-refractivity contribution is 5.33. The number of halogens is 1. The number of hydrogen-bond donors (Lipinski definition) is 1. The molecule has 0 fully saturated rings. The highest BCUT2D eigenvalue weighted by Gasteiger charge is 2.02. The molecule has 1 aromatic rings. The minimum absolute atomic E-state index is 0.218. The first-order valence-electron chi connectivity index (χ1n) is 4.22. The number of aryl methyl sites for hydroxylation is 1. The van der Waals surface area contributed by atoms with Crippen molar-refractivity contribution in [3.05, 3.63) is 29.6 Å². The molecular weight excluding hydrogens is 155 g/mol. The molecule has 0 radical (unpaired) electrons. The van der Waals surface area contributed by atoms with E-state index in [-0.39, 0.29) is 5.75 Å². The van der Waals surface area contributed by atoms with Gasteiger partial charge in [-0.05, 0) is 18.1 Å². The molecule has 1 aromatic carbocycles. The van der Waals surface area contributed by atoms with Gasteiger partial charge in [-0.15, -0.1) is 0 Å². The second-order valence-electron chi connectivity index (χ2n) is 2.10. The maximum atomic E-state index is 12.5. The molecule has 0 heterocycles. The Balaban J connectivity index is 0.000000561. The van der Waals surface area contributed by atoms with Crippen molar-refractivity contribution in [2.24, 2.45) is 0 Å². The molecule has 68 valence electrons. The Morgan fingerprint density at radius 1 is 1.33 bits per heavy atom. The average Bonchev–Trinajstić information content (AvgIpc) is 2.13. The van der Waals surface area contributed by atoms with Crippen molar-refractivity contribution in [1.82, 2.24) is 0 Å². The molecule has 0 saturated heterocycles. The summed E-state index contributed by atoms with van der Waals surface area (Å²) in [5.74, 6) is -0.760. The third kappa shape index (κ3) is 2.53. The largest absolute Gasteiger partial charge is 0.505 e. The summed E-state index contributed by atoms with van der Waals surface area (Å²) < 4.78 is 12.5. The topological polar surface area (TPSA) is 20.2 Å². The number of aromatic hydroxyl groups is 1. The van der Waals surface area contributed by atoms with Gasteiger partial charge in [0.2, 0.25) is 0 Å². The van der Waals surface area contributed by atoms with Crippen LogP contribution in [0.2, 0.25) is 0 Å². The Kier molecular flexibility index (Phi) is 5.09. The number of rotatable bonds is 1. The number of phenolic OH excluding ortho intramolecular Hbond substituents is 1. The van der Waals surface area contributed by atoms with E-state index >= 15 is 0 Å². The first-order chi connectivity index (χ1) is 5.75. The molecule has 0 atom stereocenters. The fraction of sp³-hybridized carbons (Fsp3) is 0.400. The third-order valence-corrected chi connectivity index (χ3v) is 1.45. The minimum atomic E-state index is -0.542. The zero-order valence-corrected chi connectivity index (χ0v) is 7.76. The van der Waals surface area contributed by atoms with Gasteiger partial charge < -0.3 is 5.11 Å². The molecule has 2 heteroatoms. The summed E-state index contributed by atoms with van der Waals surface area (Å²) in [6.45, 7) is 5.87. The van der Waals surface area contributed by atoms with Gasteiger partial charge in [0.1, 0.15) is 0 Å². The fourth-order valence-corrected chi connectivity index (χ4v) is 0.845. The third-order valence-electron chi connectivity index (χ3n) is 1.45. The molecular formula is C10H15FO. The number of phenols is 1. The van der Waals surface area contributed by atoms with E-state index < -0.39 is 5.82 Å². The Morgan fingerprint density at radius 3 is 2.33 bits per heavy atom. The molecule has 0 saturated carbocycles. The zero-order valence-electron chi connectivity index (χ0n) is 7.76. The lowest BCUT2D eigenvalue weighted by atomic mass is 10.1. The molecule has 1 rings (SSSR count). The van der Waals surface area contributed by atoms with Crippen molar-refractivity contribution >= 4 is 0 Å². The first-order valence-corrected chi connectivity index (χ1v) is 4.22. The van der Waals surface area contributed by atoms with Crippen molar-refractivity contribution in [2.75, 3.05) is 0 Å². The summed E-state index contributed by atoms with van der Waals surface area (Å²) in [4.78, 5) is 0. The van der Waals surface area contributed by atoms with E-state index in [1.165, 1.54) is 6.07 Å². The van der Waals surface area contributed by atoms with Crippen LogP contribution < -0.4 is 0 Å². The monoisotopic (exact) mass is 170 g/mol. The number of hydrogen-bond acceptors (Lipinski definition) is 1. The molecule has 0 spiro atoms. The Labute approximate surface area is 72.9 Å². The summed E-state index contributed by atoms with van der Waals surface area (Å²) in [6, 6.07) is 4.54. The Hall–Kier alpha value is -1.05. The van der Waals surface area contributed by atoms with Crippen molar-refractivity contribution in [3.63, 3.8) is 0 Å². The molecule has 12 heavy (non-hydrogen) atoms. The number of benzene rings is 1. The van der Waals surface area contributed by atoms with Crippen molar-refractivity contribution in [2.45, 2.75) is 27.2 Å². The van der Waals surface area contributed by atoms with Crippen LogP contribution in [0.25, 0.3) is 0 Å². The summed E-state index contributed by atoms with van der Waals surface area (Å²) in [5, 5.41) is 9.02. The van der Waals surface area contributed by atoms with Gasteiger partial charge >= 0.3 is 0 Å². The molecule has 1 N–H and O–H groups in total. The van der Waals surface area contributed by atoms with E-state index in [1.54, 1.807) is 12.1 Å². The van der Waals surface area contributed by atoms with Crippen molar-refractivity contribution in [1.29, 1.82) is 0 Å². The lowest BCUT2D eigenvalue weighted by Gasteiger charge is -1.99. The summed E-state index contributed by atoms with van der Waals surface area (Å²) in [5.41, 5.74) is 0.653. The molecule has 0 aliphatic rings. The standard InChI is InChI=1S/C8H9FO.C2H6/c1-2-6-4-3-5-7(9)8(6)10;1-2/h3-5,10H,2H2,1H3;1-2H3. The molecule has 0 aromatic heterocycles. The lowest BCUT2D eigenvalue weighted by Crippen LogP contribution is -1.83. The van der Waals surface area contributed by atoms with E-state index in [0.29, 0.717) is 12.0 Å². The highest BCUT2D eigenvalue weighted by atomic mass is 19.1. The van der Waals surface area contributed by atoms with Gasteiger partial charge in [0.05, 0.1) is 0 Å². The summed E-state index contributed by atoms with van der Waals surface area (Å²) >= 11 is 0. The fourth-order valence-electron chi connectivity index (χ4n) is 0.845. The summed E-state index contributed by atoms with van der Waals surface area (Å²) in [6.07, 6.45) is 0.656. The Bertz CT molecular complexity index is 233. The highest BCUT2D eigenvalue weighted by Crippen LogP contribution is 2.20. The van der Waals surface area contributed by atoms with Crippen LogP contribution in [-0.4, -0.2) is 5.11 Å². The van der Waals surface area contributed by atoms with Gasteiger partial charge in [-0.1, -0.05) is 32.9 Å². The quantitative estimate of drug-likeness (QED) is 0.686. The molecule has 0 aliphatic carbocycles. The van der Waals surface area contributed by atoms with Gasteiger partial charge in [-0.3, -0.25) is 0 Å². The van der Waals surface area contributed by atoms with E-state index in [2.05, 4.69) is 0 Å². The second kappa shape index (κ2) is 5.58. The van der Waals surface area contributed by atoms with Crippen LogP contribution in [-0.2, 0) is 6.42 Å². The number of para-hydroxylation sites is 1. The average molecular weight is 170 g/mol. The predicted octanol–water partition coefficient (Wildman–Crippen LogP) is 3.12. The van der Waals surface area contributed by atoms with Gasteiger partial charge in [-0.25, -0.2) is 4.39 Å². The van der Waals surface area contributed by atoms with Crippen LogP contribution in [0.4, 0.5) is 4.39 Å². The normalized spacial score (nSPS) is 8.67. The van der Waals surface area contributed by atoms with Crippen LogP contribution >= 0.6 is 0 Å². The van der Waals surface area contributed by atoms with Crippen LogP contribution in [0.1, 0.15) is 26.3 Å². The smallest absolute Gasteiger partial charge is 0.165 e. The van der Waals surface area contributed by atoms with Gasteiger partial charge in [0.15, 0.2) is 11.6 Å². The molecule has 0 amide bonds. The van der Waals surface area contributed by atoms with E-state index in [4.69, 9.17) is 5.11 Å². The minimum Gasteiger partial charge on any atom is -0.505 e. The van der Waals surface area contributed by atoms with E-state index in [0.717, 1.165) is 0 Å². The maximum absolute atomic E-state index is 12.5. The molecule has 1 nitrogen and oxygen atoms in total. The predicted molar refractivity (Wildman–Crippen MR) is 48.8 cm³/mol. The maximum Gasteiger partial charge on any atom is 0.165 e. The molecule has 0 aliphatic heterocycles.